The highest BCUT2D eigenvalue weighted by molar-refractivity contribution is 5.92. The third-order valence-corrected chi connectivity index (χ3v) is 6.57. The van der Waals surface area contributed by atoms with E-state index in [4.69, 9.17) is 4.74 Å². The van der Waals surface area contributed by atoms with Crippen LogP contribution in [0.4, 0.5) is 5.69 Å². The molecular weight excluding hydrogens is 438 g/mol. The molecule has 6 heteroatoms. The average molecular weight is 480 g/mol. The van der Waals surface area contributed by atoms with Crippen LogP contribution in [0.15, 0.2) is 48.5 Å². The summed E-state index contributed by atoms with van der Waals surface area (Å²) in [6, 6.07) is 16.0. The zero-order valence-corrected chi connectivity index (χ0v) is 21.8. The highest BCUT2D eigenvalue weighted by Crippen LogP contribution is 2.25. The quantitative estimate of drug-likeness (QED) is 0.575. The fourth-order valence-electron chi connectivity index (χ4n) is 4.88. The number of anilines is 1. The summed E-state index contributed by atoms with van der Waals surface area (Å²) >= 11 is 0. The second kappa shape index (κ2) is 13.3. The summed E-state index contributed by atoms with van der Waals surface area (Å²) in [5.74, 6) is 1.62. The van der Waals surface area contributed by atoms with Crippen LogP contribution in [-0.2, 0) is 22.6 Å². The lowest BCUT2D eigenvalue weighted by molar-refractivity contribution is -0.132. The number of fused-ring (bicyclic) bond motifs is 1. The van der Waals surface area contributed by atoms with Gasteiger partial charge in [-0.15, -0.1) is 0 Å². The number of para-hydroxylation sites is 2. The first-order chi connectivity index (χ1) is 16.9. The van der Waals surface area contributed by atoms with Crippen molar-refractivity contribution in [3.63, 3.8) is 0 Å². The number of hydrogen-bond acceptors (Lipinski definition) is 4. The Balaban J connectivity index is 1.78. The molecule has 1 aliphatic rings. The van der Waals surface area contributed by atoms with Crippen LogP contribution in [0.3, 0.4) is 0 Å². The van der Waals surface area contributed by atoms with Crippen LogP contribution in [0.25, 0.3) is 0 Å². The van der Waals surface area contributed by atoms with Crippen LogP contribution in [0.2, 0.25) is 0 Å². The second-order valence-electron chi connectivity index (χ2n) is 9.83. The molecular formula is C29H41N3O3. The van der Waals surface area contributed by atoms with Crippen molar-refractivity contribution in [2.75, 3.05) is 44.7 Å². The van der Waals surface area contributed by atoms with Gasteiger partial charge in [-0.1, -0.05) is 50.2 Å². The Labute approximate surface area is 210 Å². The van der Waals surface area contributed by atoms with Gasteiger partial charge >= 0.3 is 0 Å². The van der Waals surface area contributed by atoms with E-state index < -0.39 is 0 Å². The number of rotatable bonds is 7. The molecule has 0 saturated heterocycles. The van der Waals surface area contributed by atoms with E-state index in [1.54, 1.807) is 14.0 Å². The highest BCUT2D eigenvalue weighted by Gasteiger charge is 2.22. The zero-order chi connectivity index (χ0) is 25.2. The standard InChI is InChI=1S/C29H41N3O3/c1-23(2)21-30-17-10-18-32(24(3)33)27-14-7-5-12-26(27)22-31(20-19-30)29(34)16-9-13-25-11-6-8-15-28(25)35-4/h5-8,11-12,14-15,23H,9-10,13,16-22H2,1-4H3. The summed E-state index contributed by atoms with van der Waals surface area (Å²) in [5, 5.41) is 0. The molecule has 0 atom stereocenters. The number of methoxy groups -OCH3 is 1. The Bertz CT molecular complexity index is 975. The largest absolute Gasteiger partial charge is 0.496 e. The third-order valence-electron chi connectivity index (χ3n) is 6.57. The Morgan fingerprint density at radius 1 is 0.971 bits per heavy atom. The van der Waals surface area contributed by atoms with E-state index in [0.717, 1.165) is 61.5 Å². The van der Waals surface area contributed by atoms with E-state index in [2.05, 4.69) is 24.8 Å². The van der Waals surface area contributed by atoms with Crippen LogP contribution < -0.4 is 9.64 Å². The molecule has 2 aromatic carbocycles. The van der Waals surface area contributed by atoms with Gasteiger partial charge in [0.2, 0.25) is 11.8 Å². The number of carbonyl (C=O) groups is 2. The molecule has 0 bridgehead atoms. The van der Waals surface area contributed by atoms with E-state index in [1.165, 1.54) is 0 Å². The molecule has 0 fully saturated rings. The molecule has 35 heavy (non-hydrogen) atoms. The van der Waals surface area contributed by atoms with Crippen molar-refractivity contribution in [2.45, 2.75) is 53.0 Å². The molecule has 1 aliphatic heterocycles. The molecule has 2 aromatic rings. The fraction of sp³-hybridized carbons (Fsp3) is 0.517. The molecule has 0 aromatic heterocycles. The topological polar surface area (TPSA) is 53.1 Å². The number of ether oxygens (including phenoxy) is 1. The van der Waals surface area contributed by atoms with Crippen LogP contribution >= 0.6 is 0 Å². The molecule has 0 saturated carbocycles. The average Bonchev–Trinajstić information content (AvgIpc) is 2.87. The predicted octanol–water partition coefficient (Wildman–Crippen LogP) is 4.76. The maximum Gasteiger partial charge on any atom is 0.223 e. The minimum Gasteiger partial charge on any atom is -0.496 e. The molecule has 0 radical (unpaired) electrons. The summed E-state index contributed by atoms with van der Waals surface area (Å²) in [4.78, 5) is 32.3. The lowest BCUT2D eigenvalue weighted by Crippen LogP contribution is -2.40. The van der Waals surface area contributed by atoms with Crippen molar-refractivity contribution in [1.82, 2.24) is 9.80 Å². The van der Waals surface area contributed by atoms with Crippen molar-refractivity contribution in [3.05, 3.63) is 59.7 Å². The van der Waals surface area contributed by atoms with E-state index in [1.807, 2.05) is 52.3 Å². The number of benzene rings is 2. The highest BCUT2D eigenvalue weighted by atomic mass is 16.5. The van der Waals surface area contributed by atoms with Crippen LogP contribution in [-0.4, -0.2) is 61.4 Å². The fourth-order valence-corrected chi connectivity index (χ4v) is 4.88. The number of carbonyl (C=O) groups excluding carboxylic acids is 2. The van der Waals surface area contributed by atoms with E-state index in [9.17, 15) is 9.59 Å². The Morgan fingerprint density at radius 3 is 2.46 bits per heavy atom. The first kappa shape index (κ1) is 26.7. The first-order valence-electron chi connectivity index (χ1n) is 12.9. The molecule has 0 spiro atoms. The predicted molar refractivity (Wildman–Crippen MR) is 142 cm³/mol. The SMILES string of the molecule is COc1ccccc1CCCC(=O)N1CCN(CC(C)C)CCCN(C(C)=O)c2ccccc2C1. The maximum absolute atomic E-state index is 13.4. The minimum absolute atomic E-state index is 0.0433. The van der Waals surface area contributed by atoms with Crippen LogP contribution in [0.1, 0.15) is 51.2 Å². The van der Waals surface area contributed by atoms with Gasteiger partial charge in [0.05, 0.1) is 7.11 Å². The van der Waals surface area contributed by atoms with Gasteiger partial charge in [-0.25, -0.2) is 0 Å². The molecule has 1 heterocycles. The van der Waals surface area contributed by atoms with Crippen LogP contribution in [0.5, 0.6) is 5.75 Å². The summed E-state index contributed by atoms with van der Waals surface area (Å²) in [5.41, 5.74) is 3.08. The molecule has 190 valence electrons. The Morgan fingerprint density at radius 2 is 1.71 bits per heavy atom. The van der Waals surface area contributed by atoms with Crippen LogP contribution in [0, 0.1) is 5.92 Å². The van der Waals surface area contributed by atoms with Gasteiger partial charge in [0, 0.05) is 51.8 Å². The molecule has 0 unspecified atom stereocenters. The van der Waals surface area contributed by atoms with Gasteiger partial charge in [0.1, 0.15) is 5.75 Å². The van der Waals surface area contributed by atoms with Crippen molar-refractivity contribution in [2.24, 2.45) is 5.92 Å². The summed E-state index contributed by atoms with van der Waals surface area (Å²) < 4.78 is 5.47. The normalized spacial score (nSPS) is 15.5. The molecule has 0 N–H and O–H groups in total. The van der Waals surface area contributed by atoms with Gasteiger partial charge in [0.15, 0.2) is 0 Å². The molecule has 3 rings (SSSR count). The number of aryl methyl sites for hydroxylation is 1. The Hall–Kier alpha value is -2.86. The van der Waals surface area contributed by atoms with E-state index in [0.29, 0.717) is 32.0 Å². The van der Waals surface area contributed by atoms with E-state index >= 15 is 0 Å². The van der Waals surface area contributed by atoms with Gasteiger partial charge in [0.25, 0.3) is 0 Å². The summed E-state index contributed by atoms with van der Waals surface area (Å²) in [6.45, 7) is 10.7. The Kier molecular flexibility index (Phi) is 10.2. The van der Waals surface area contributed by atoms with Gasteiger partial charge in [-0.3, -0.25) is 9.59 Å². The van der Waals surface area contributed by atoms with Crippen molar-refractivity contribution >= 4 is 17.5 Å². The lowest BCUT2D eigenvalue weighted by atomic mass is 10.1. The lowest BCUT2D eigenvalue weighted by Gasteiger charge is -2.29. The second-order valence-corrected chi connectivity index (χ2v) is 9.83. The third kappa shape index (κ3) is 7.82. The van der Waals surface area contributed by atoms with Gasteiger partial charge in [-0.2, -0.15) is 0 Å². The number of nitrogens with zero attached hydrogens (tertiary/aromatic N) is 3. The molecule has 2 amide bonds. The van der Waals surface area contributed by atoms with Crippen molar-refractivity contribution in [3.8, 4) is 5.75 Å². The summed E-state index contributed by atoms with van der Waals surface area (Å²) in [6.07, 6.45) is 2.97. The minimum atomic E-state index is 0.0433. The smallest absolute Gasteiger partial charge is 0.223 e. The zero-order valence-electron chi connectivity index (χ0n) is 21.8. The van der Waals surface area contributed by atoms with Gasteiger partial charge in [-0.05, 0) is 55.0 Å². The first-order valence-corrected chi connectivity index (χ1v) is 12.9. The monoisotopic (exact) mass is 479 g/mol. The molecule has 0 aliphatic carbocycles. The van der Waals surface area contributed by atoms with Crippen molar-refractivity contribution < 1.29 is 14.3 Å². The van der Waals surface area contributed by atoms with E-state index in [-0.39, 0.29) is 11.8 Å². The summed E-state index contributed by atoms with van der Waals surface area (Å²) in [7, 11) is 1.68. The van der Waals surface area contributed by atoms with Gasteiger partial charge < -0.3 is 19.4 Å². The number of amides is 2. The molecule has 6 nitrogen and oxygen atoms in total. The van der Waals surface area contributed by atoms with Crippen molar-refractivity contribution in [1.29, 1.82) is 0 Å². The maximum atomic E-state index is 13.4. The number of hydrogen-bond donors (Lipinski definition) is 0.